The zero-order chi connectivity index (χ0) is 9.84. The Hall–Kier alpha value is -0.100. The van der Waals surface area contributed by atoms with Gasteiger partial charge in [-0.05, 0) is 17.7 Å². The van der Waals surface area contributed by atoms with Gasteiger partial charge in [-0.1, -0.05) is 29.3 Å². The predicted octanol–water partition coefficient (Wildman–Crippen LogP) is 3.50. The van der Waals surface area contributed by atoms with Crippen LogP contribution in [0.5, 0.6) is 0 Å². The van der Waals surface area contributed by atoms with Gasteiger partial charge in [-0.2, -0.15) is 0 Å². The molecule has 0 spiro atoms. The molecule has 0 aliphatic heterocycles. The smallest absolute Gasteiger partial charge is 0.120 e. The zero-order valence-electron chi connectivity index (χ0n) is 6.84. The molecule has 0 bridgehead atoms. The quantitative estimate of drug-likeness (QED) is 0.578. The summed E-state index contributed by atoms with van der Waals surface area (Å²) in [5.74, 6) is 0. The van der Waals surface area contributed by atoms with Crippen LogP contribution in [0.3, 0.4) is 0 Å². The molecule has 0 aliphatic rings. The van der Waals surface area contributed by atoms with E-state index in [1.54, 1.807) is 12.1 Å². The minimum Gasteiger partial charge on any atom is -0.303 e. The van der Waals surface area contributed by atoms with E-state index in [1.165, 1.54) is 0 Å². The number of carbonyl (C=O) groups excluding carboxylic acids is 1. The number of halogens is 2. The normalized spacial score (nSPS) is 12.5. The van der Waals surface area contributed by atoms with Gasteiger partial charge in [-0.3, -0.25) is 0 Å². The highest BCUT2D eigenvalue weighted by Gasteiger charge is 2.06. The Labute approximate surface area is 89.6 Å². The number of hydrogen-bond acceptors (Lipinski definition) is 1. The summed E-state index contributed by atoms with van der Waals surface area (Å²) < 4.78 is 0. The number of rotatable bonds is 3. The van der Waals surface area contributed by atoms with E-state index < -0.39 is 0 Å². The fourth-order valence-corrected chi connectivity index (χ4v) is 1.61. The summed E-state index contributed by atoms with van der Waals surface area (Å²) in [6, 6.07) is 5.39. The summed E-state index contributed by atoms with van der Waals surface area (Å²) in [7, 11) is 2.60. The molecule has 1 aromatic rings. The summed E-state index contributed by atoms with van der Waals surface area (Å²) in [6.07, 6.45) is 1.36. The first kappa shape index (κ1) is 11.0. The van der Waals surface area contributed by atoms with Crippen molar-refractivity contribution < 1.29 is 4.79 Å². The highest BCUT2D eigenvalue weighted by Crippen LogP contribution is 2.30. The molecular weight excluding hydrogens is 226 g/mol. The van der Waals surface area contributed by atoms with Crippen LogP contribution in [0.25, 0.3) is 0 Å². The van der Waals surface area contributed by atoms with E-state index in [2.05, 4.69) is 9.24 Å². The van der Waals surface area contributed by atoms with E-state index in [0.29, 0.717) is 16.5 Å². The Morgan fingerprint density at radius 3 is 2.62 bits per heavy atom. The van der Waals surface area contributed by atoms with Crippen LogP contribution in [0.15, 0.2) is 18.2 Å². The molecule has 1 rings (SSSR count). The summed E-state index contributed by atoms with van der Waals surface area (Å²) >= 11 is 11.6. The fourth-order valence-electron chi connectivity index (χ4n) is 0.983. The summed E-state index contributed by atoms with van der Waals surface area (Å²) in [5.41, 5.74) is 1.12. The van der Waals surface area contributed by atoms with E-state index in [4.69, 9.17) is 23.2 Å². The van der Waals surface area contributed by atoms with Crippen LogP contribution in [-0.4, -0.2) is 6.29 Å². The van der Waals surface area contributed by atoms with Crippen LogP contribution in [0, 0.1) is 0 Å². The van der Waals surface area contributed by atoms with Gasteiger partial charge in [0.25, 0.3) is 0 Å². The van der Waals surface area contributed by atoms with Crippen molar-refractivity contribution in [1.29, 1.82) is 0 Å². The lowest BCUT2D eigenvalue weighted by atomic mass is 10.1. The minimum absolute atomic E-state index is 0.118. The molecule has 0 heterocycles. The van der Waals surface area contributed by atoms with Gasteiger partial charge >= 0.3 is 0 Å². The molecular formula is C9H9Cl2OP. The Bertz CT molecular complexity index is 314. The number of benzene rings is 1. The Balaban J connectivity index is 2.89. The maximum atomic E-state index is 10.3. The van der Waals surface area contributed by atoms with Gasteiger partial charge in [-0.15, -0.1) is 9.24 Å². The molecule has 0 radical (unpaired) electrons. The zero-order valence-corrected chi connectivity index (χ0v) is 9.50. The van der Waals surface area contributed by atoms with Gasteiger partial charge in [0.15, 0.2) is 0 Å². The van der Waals surface area contributed by atoms with E-state index in [1.807, 2.05) is 6.07 Å². The molecule has 0 fully saturated rings. The van der Waals surface area contributed by atoms with Crippen molar-refractivity contribution >= 4 is 38.7 Å². The summed E-state index contributed by atoms with van der Waals surface area (Å²) in [5, 5.41) is 1.06. The molecule has 2 unspecified atom stereocenters. The number of hydrogen-bond donors (Lipinski definition) is 0. The topological polar surface area (TPSA) is 17.1 Å². The van der Waals surface area contributed by atoms with Gasteiger partial charge < -0.3 is 4.79 Å². The molecule has 0 N–H and O–H groups in total. The van der Waals surface area contributed by atoms with Crippen molar-refractivity contribution in [2.45, 2.75) is 12.1 Å². The molecule has 0 saturated heterocycles. The second-order valence-electron chi connectivity index (χ2n) is 2.68. The maximum Gasteiger partial charge on any atom is 0.120 e. The first-order valence-electron chi connectivity index (χ1n) is 3.79. The van der Waals surface area contributed by atoms with Crippen LogP contribution in [-0.2, 0) is 4.79 Å². The summed E-state index contributed by atoms with van der Waals surface area (Å²) in [4.78, 5) is 10.3. The minimum atomic E-state index is 0.118. The predicted molar refractivity (Wildman–Crippen MR) is 59.6 cm³/mol. The highest BCUT2D eigenvalue weighted by molar-refractivity contribution is 7.17. The Morgan fingerprint density at radius 2 is 2.08 bits per heavy atom. The van der Waals surface area contributed by atoms with Crippen LogP contribution < -0.4 is 0 Å². The van der Waals surface area contributed by atoms with E-state index in [0.717, 1.165) is 11.8 Å². The third kappa shape index (κ3) is 2.95. The lowest BCUT2D eigenvalue weighted by Crippen LogP contribution is -1.90. The van der Waals surface area contributed by atoms with Gasteiger partial charge in [0.1, 0.15) is 6.29 Å². The molecule has 0 aliphatic carbocycles. The van der Waals surface area contributed by atoms with E-state index in [-0.39, 0.29) is 5.66 Å². The molecule has 0 saturated carbocycles. The van der Waals surface area contributed by atoms with Gasteiger partial charge in [0.2, 0.25) is 0 Å². The highest BCUT2D eigenvalue weighted by atomic mass is 35.5. The van der Waals surface area contributed by atoms with Gasteiger partial charge in [0.05, 0.1) is 10.0 Å². The largest absolute Gasteiger partial charge is 0.303 e. The third-order valence-electron chi connectivity index (χ3n) is 1.72. The molecule has 4 heteroatoms. The van der Waals surface area contributed by atoms with Crippen LogP contribution >= 0.6 is 32.4 Å². The lowest BCUT2D eigenvalue weighted by molar-refractivity contribution is -0.107. The Morgan fingerprint density at radius 1 is 1.38 bits per heavy atom. The second-order valence-corrected chi connectivity index (χ2v) is 4.30. The summed E-state index contributed by atoms with van der Waals surface area (Å²) in [6.45, 7) is 0. The molecule has 0 amide bonds. The molecule has 1 aromatic carbocycles. The Kier molecular flexibility index (Phi) is 4.18. The van der Waals surface area contributed by atoms with Crippen molar-refractivity contribution in [3.05, 3.63) is 33.8 Å². The van der Waals surface area contributed by atoms with E-state index >= 15 is 0 Å². The van der Waals surface area contributed by atoms with Gasteiger partial charge in [-0.25, -0.2) is 0 Å². The van der Waals surface area contributed by atoms with Crippen molar-refractivity contribution in [2.75, 3.05) is 0 Å². The first-order chi connectivity index (χ1) is 6.15. The van der Waals surface area contributed by atoms with Crippen molar-refractivity contribution in [3.8, 4) is 0 Å². The van der Waals surface area contributed by atoms with Crippen molar-refractivity contribution in [3.63, 3.8) is 0 Å². The average Bonchev–Trinajstić information content (AvgIpc) is 2.10. The number of carbonyl (C=O) groups is 1. The monoisotopic (exact) mass is 234 g/mol. The van der Waals surface area contributed by atoms with Crippen LogP contribution in [0.1, 0.15) is 17.6 Å². The first-order valence-corrected chi connectivity index (χ1v) is 5.21. The maximum absolute atomic E-state index is 10.3. The van der Waals surface area contributed by atoms with Crippen LogP contribution in [0.2, 0.25) is 10.0 Å². The van der Waals surface area contributed by atoms with Crippen molar-refractivity contribution in [2.24, 2.45) is 0 Å². The third-order valence-corrected chi connectivity index (χ3v) is 3.12. The van der Waals surface area contributed by atoms with E-state index in [9.17, 15) is 4.79 Å². The molecule has 0 aromatic heterocycles. The van der Waals surface area contributed by atoms with Gasteiger partial charge in [0, 0.05) is 12.1 Å². The SMILES string of the molecule is O=CCC(P)c1ccc(Cl)c(Cl)c1. The standard InChI is InChI=1S/C9H9Cl2OP/c10-7-2-1-6(5-8(7)11)9(13)3-4-12/h1-2,4-5,9H,3,13H2. The molecule has 2 atom stereocenters. The lowest BCUT2D eigenvalue weighted by Gasteiger charge is -2.08. The fraction of sp³-hybridized carbons (Fsp3) is 0.222. The van der Waals surface area contributed by atoms with Crippen LogP contribution in [0.4, 0.5) is 0 Å². The molecule has 70 valence electrons. The second kappa shape index (κ2) is 4.95. The van der Waals surface area contributed by atoms with Crippen molar-refractivity contribution in [1.82, 2.24) is 0 Å². The molecule has 13 heavy (non-hydrogen) atoms. The average molecular weight is 235 g/mol. The number of aldehydes is 1. The molecule has 1 nitrogen and oxygen atoms in total.